The molecule has 1 aliphatic carbocycles. The summed E-state index contributed by atoms with van der Waals surface area (Å²) in [6.07, 6.45) is 1.92. The summed E-state index contributed by atoms with van der Waals surface area (Å²) < 4.78 is 0. The van der Waals surface area contributed by atoms with Gasteiger partial charge in [-0.3, -0.25) is 4.79 Å². The van der Waals surface area contributed by atoms with Crippen molar-refractivity contribution in [3.63, 3.8) is 0 Å². The second kappa shape index (κ2) is 5.07. The Labute approximate surface area is 110 Å². The van der Waals surface area contributed by atoms with Gasteiger partial charge in [0.1, 0.15) is 0 Å². The number of rotatable bonds is 3. The summed E-state index contributed by atoms with van der Waals surface area (Å²) in [4.78, 5) is 11.4. The van der Waals surface area contributed by atoms with E-state index < -0.39 is 0 Å². The van der Waals surface area contributed by atoms with Crippen LogP contribution in [0.2, 0.25) is 10.0 Å². The standard InChI is InChI=1S/C12H12Cl2N2O/c1-7(15-16-12(17)8-2-3-8)10-5-4-9(13)6-11(10)14/h4-6,8H,2-3H2,1H3,(H,16,17)/b15-7+. The maximum atomic E-state index is 11.4. The summed E-state index contributed by atoms with van der Waals surface area (Å²) in [5.41, 5.74) is 3.98. The van der Waals surface area contributed by atoms with Crippen molar-refractivity contribution in [2.45, 2.75) is 19.8 Å². The minimum atomic E-state index is -0.0190. The Kier molecular flexibility index (Phi) is 3.69. The number of hydrogen-bond donors (Lipinski definition) is 1. The molecule has 0 spiro atoms. The third-order valence-corrected chi connectivity index (χ3v) is 3.15. The number of hydrogen-bond acceptors (Lipinski definition) is 2. The summed E-state index contributed by atoms with van der Waals surface area (Å²) in [5, 5.41) is 5.14. The molecular weight excluding hydrogens is 259 g/mol. The monoisotopic (exact) mass is 270 g/mol. The molecule has 1 N–H and O–H groups in total. The van der Waals surface area contributed by atoms with Gasteiger partial charge in [0.2, 0.25) is 5.91 Å². The van der Waals surface area contributed by atoms with Crippen LogP contribution in [0.15, 0.2) is 23.3 Å². The minimum absolute atomic E-state index is 0.0190. The van der Waals surface area contributed by atoms with E-state index >= 15 is 0 Å². The minimum Gasteiger partial charge on any atom is -0.273 e. The molecule has 0 unspecified atom stereocenters. The predicted octanol–water partition coefficient (Wildman–Crippen LogP) is 3.24. The van der Waals surface area contributed by atoms with E-state index in [9.17, 15) is 4.79 Å². The van der Waals surface area contributed by atoms with E-state index in [-0.39, 0.29) is 11.8 Å². The number of carbonyl (C=O) groups is 1. The van der Waals surface area contributed by atoms with Gasteiger partial charge >= 0.3 is 0 Å². The molecule has 0 radical (unpaired) electrons. The van der Waals surface area contributed by atoms with Crippen LogP contribution in [0, 0.1) is 5.92 Å². The molecule has 0 saturated heterocycles. The number of carbonyl (C=O) groups excluding carboxylic acids is 1. The highest BCUT2D eigenvalue weighted by Gasteiger charge is 2.29. The summed E-state index contributed by atoms with van der Waals surface area (Å²) in [5.74, 6) is 0.127. The summed E-state index contributed by atoms with van der Waals surface area (Å²) >= 11 is 11.8. The van der Waals surface area contributed by atoms with Crippen LogP contribution in [0.3, 0.4) is 0 Å². The average Bonchev–Trinajstić information content (AvgIpc) is 3.09. The molecule has 5 heteroatoms. The van der Waals surface area contributed by atoms with Gasteiger partial charge in [-0.15, -0.1) is 0 Å². The molecule has 2 rings (SSSR count). The first-order valence-electron chi connectivity index (χ1n) is 5.37. The number of nitrogens with zero attached hydrogens (tertiary/aromatic N) is 1. The van der Waals surface area contributed by atoms with Crippen LogP contribution in [-0.4, -0.2) is 11.6 Å². The summed E-state index contributed by atoms with van der Waals surface area (Å²) in [6.45, 7) is 1.79. The third kappa shape index (κ3) is 3.20. The number of amides is 1. The highest BCUT2D eigenvalue weighted by Crippen LogP contribution is 2.28. The first-order chi connectivity index (χ1) is 8.08. The Hall–Kier alpha value is -1.06. The Morgan fingerprint density at radius 1 is 1.41 bits per heavy atom. The van der Waals surface area contributed by atoms with Gasteiger partial charge in [-0.2, -0.15) is 5.10 Å². The number of nitrogens with one attached hydrogen (secondary N) is 1. The molecule has 1 fully saturated rings. The lowest BCUT2D eigenvalue weighted by atomic mass is 10.1. The Morgan fingerprint density at radius 3 is 2.71 bits per heavy atom. The maximum absolute atomic E-state index is 11.4. The second-order valence-corrected chi connectivity index (χ2v) is 4.92. The lowest BCUT2D eigenvalue weighted by molar-refractivity contribution is -0.122. The van der Waals surface area contributed by atoms with Crippen molar-refractivity contribution >= 4 is 34.8 Å². The molecule has 0 aliphatic heterocycles. The molecule has 1 aliphatic rings. The molecule has 1 aromatic carbocycles. The van der Waals surface area contributed by atoms with Crippen LogP contribution >= 0.6 is 23.2 Å². The van der Waals surface area contributed by atoms with Crippen molar-refractivity contribution < 1.29 is 4.79 Å². The van der Waals surface area contributed by atoms with Crippen molar-refractivity contribution in [1.29, 1.82) is 0 Å². The van der Waals surface area contributed by atoms with Crippen molar-refractivity contribution in [3.05, 3.63) is 33.8 Å². The largest absolute Gasteiger partial charge is 0.273 e. The normalized spacial score (nSPS) is 15.8. The van der Waals surface area contributed by atoms with Crippen LogP contribution in [-0.2, 0) is 4.79 Å². The quantitative estimate of drug-likeness (QED) is 0.665. The molecule has 90 valence electrons. The number of halogens is 2. The van der Waals surface area contributed by atoms with Crippen molar-refractivity contribution in [2.75, 3.05) is 0 Å². The Morgan fingerprint density at radius 2 is 2.12 bits per heavy atom. The predicted molar refractivity (Wildman–Crippen MR) is 69.5 cm³/mol. The number of benzene rings is 1. The maximum Gasteiger partial charge on any atom is 0.243 e. The molecule has 3 nitrogen and oxygen atoms in total. The van der Waals surface area contributed by atoms with E-state index in [1.54, 1.807) is 25.1 Å². The lowest BCUT2D eigenvalue weighted by Crippen LogP contribution is -2.20. The zero-order chi connectivity index (χ0) is 12.4. The second-order valence-electron chi connectivity index (χ2n) is 4.07. The third-order valence-electron chi connectivity index (χ3n) is 2.60. The first-order valence-corrected chi connectivity index (χ1v) is 6.13. The highest BCUT2D eigenvalue weighted by molar-refractivity contribution is 6.37. The Balaban J connectivity index is 2.09. The summed E-state index contributed by atoms with van der Waals surface area (Å²) in [7, 11) is 0. The van der Waals surface area contributed by atoms with Crippen LogP contribution in [0.25, 0.3) is 0 Å². The van der Waals surface area contributed by atoms with Crippen LogP contribution in [0.4, 0.5) is 0 Å². The van der Waals surface area contributed by atoms with Gasteiger partial charge in [-0.25, -0.2) is 5.43 Å². The fourth-order valence-electron chi connectivity index (χ4n) is 1.42. The van der Waals surface area contributed by atoms with Crippen LogP contribution in [0.5, 0.6) is 0 Å². The zero-order valence-electron chi connectivity index (χ0n) is 9.34. The highest BCUT2D eigenvalue weighted by atomic mass is 35.5. The zero-order valence-corrected chi connectivity index (χ0v) is 10.8. The molecule has 0 heterocycles. The van der Waals surface area contributed by atoms with E-state index in [0.717, 1.165) is 18.4 Å². The molecule has 1 saturated carbocycles. The average molecular weight is 271 g/mol. The van der Waals surface area contributed by atoms with Gasteiger partial charge in [0.05, 0.1) is 10.7 Å². The van der Waals surface area contributed by atoms with Crippen molar-refractivity contribution in [3.8, 4) is 0 Å². The lowest BCUT2D eigenvalue weighted by Gasteiger charge is -2.04. The van der Waals surface area contributed by atoms with E-state index in [2.05, 4.69) is 10.5 Å². The van der Waals surface area contributed by atoms with E-state index in [0.29, 0.717) is 15.8 Å². The Bertz CT molecular complexity index is 481. The van der Waals surface area contributed by atoms with Gasteiger partial charge in [-0.05, 0) is 31.9 Å². The molecular formula is C12H12Cl2N2O. The molecule has 17 heavy (non-hydrogen) atoms. The summed E-state index contributed by atoms with van der Waals surface area (Å²) in [6, 6.07) is 5.18. The van der Waals surface area contributed by atoms with Crippen LogP contribution in [0.1, 0.15) is 25.3 Å². The van der Waals surface area contributed by atoms with Gasteiger partial charge in [0, 0.05) is 16.5 Å². The van der Waals surface area contributed by atoms with E-state index in [1.165, 1.54) is 0 Å². The first kappa shape index (κ1) is 12.4. The van der Waals surface area contributed by atoms with E-state index in [4.69, 9.17) is 23.2 Å². The van der Waals surface area contributed by atoms with Gasteiger partial charge in [-0.1, -0.05) is 29.3 Å². The smallest absolute Gasteiger partial charge is 0.243 e. The molecule has 1 amide bonds. The van der Waals surface area contributed by atoms with E-state index in [1.807, 2.05) is 0 Å². The van der Waals surface area contributed by atoms with Crippen molar-refractivity contribution in [1.82, 2.24) is 5.43 Å². The van der Waals surface area contributed by atoms with Crippen LogP contribution < -0.4 is 5.43 Å². The molecule has 1 aromatic rings. The van der Waals surface area contributed by atoms with Gasteiger partial charge < -0.3 is 0 Å². The fourth-order valence-corrected chi connectivity index (χ4v) is 1.96. The number of hydrazone groups is 1. The topological polar surface area (TPSA) is 41.5 Å². The van der Waals surface area contributed by atoms with Gasteiger partial charge in [0.25, 0.3) is 0 Å². The SMILES string of the molecule is C/C(=N\NC(=O)C1CC1)c1ccc(Cl)cc1Cl. The van der Waals surface area contributed by atoms with Crippen molar-refractivity contribution in [2.24, 2.45) is 11.0 Å². The molecule has 0 bridgehead atoms. The fraction of sp³-hybridized carbons (Fsp3) is 0.333. The molecule has 0 aromatic heterocycles. The molecule has 0 atom stereocenters. The van der Waals surface area contributed by atoms with Gasteiger partial charge in [0.15, 0.2) is 0 Å².